The molecule has 0 unspecified atom stereocenters. The fourth-order valence-electron chi connectivity index (χ4n) is 0.478. The van der Waals surface area contributed by atoms with Gasteiger partial charge in [0.1, 0.15) is 5.69 Å². The largest absolute Gasteiger partial charge is 0.465 e. The van der Waals surface area contributed by atoms with Crippen LogP contribution in [0.4, 0.5) is 5.69 Å². The summed E-state index contributed by atoms with van der Waals surface area (Å²) in [6, 6.07) is 9.87. The van der Waals surface area contributed by atoms with Crippen molar-refractivity contribution in [3.63, 3.8) is 0 Å². The molecule has 0 amide bonds. The Morgan fingerprint density at radius 3 is 1.73 bits per heavy atom. The van der Waals surface area contributed by atoms with E-state index >= 15 is 0 Å². The summed E-state index contributed by atoms with van der Waals surface area (Å²) < 4.78 is 17.2. The Morgan fingerprint density at radius 2 is 1.55 bits per heavy atom. The van der Waals surface area contributed by atoms with Crippen molar-refractivity contribution >= 4 is 13.6 Å². The molecule has 60 valence electrons. The van der Waals surface area contributed by atoms with Crippen molar-refractivity contribution in [3.05, 3.63) is 30.3 Å². The summed E-state index contributed by atoms with van der Waals surface area (Å²) in [7, 11) is -3.12. The van der Waals surface area contributed by atoms with E-state index in [4.69, 9.17) is 14.0 Å². The molecule has 0 radical (unpaired) electrons. The molecule has 0 aliphatic heterocycles. The second-order valence-corrected chi connectivity index (χ2v) is 2.20. The third kappa shape index (κ3) is 9.04. The van der Waals surface area contributed by atoms with Crippen LogP contribution >= 0.6 is 7.91 Å². The normalized spacial score (nSPS) is 7.82. The van der Waals surface area contributed by atoms with E-state index in [1.807, 2.05) is 30.3 Å². The average molecular weight is 174 g/mol. The summed E-state index contributed by atoms with van der Waals surface area (Å²) in [5, 5.41) is 0. The molecule has 0 spiro atoms. The van der Waals surface area contributed by atoms with Crippen molar-refractivity contribution in [2.75, 3.05) is 0 Å². The molecule has 0 bridgehead atoms. The van der Waals surface area contributed by atoms with Crippen molar-refractivity contribution < 1.29 is 19.8 Å². The summed E-state index contributed by atoms with van der Waals surface area (Å²) in [6.07, 6.45) is 0. The topological polar surface area (TPSA) is 82.0 Å². The fourth-order valence-corrected chi connectivity index (χ4v) is 0.478. The van der Waals surface area contributed by atoms with E-state index in [9.17, 15) is 0 Å². The summed E-state index contributed by atoms with van der Waals surface area (Å²) in [5.74, 6) is 0. The molecule has 0 saturated carbocycles. The Hall–Kier alpha value is -0.960. The zero-order valence-electron chi connectivity index (χ0n) is 5.80. The third-order valence-corrected chi connectivity index (χ3v) is 0.843. The Kier molecular flexibility index (Phi) is 5.29. The molecule has 0 heterocycles. The first kappa shape index (κ1) is 10.0. The first-order valence-electron chi connectivity index (χ1n) is 2.83. The monoisotopic (exact) mass is 174 g/mol. The highest BCUT2D eigenvalue weighted by Crippen LogP contribution is 1.93. The zero-order valence-corrected chi connectivity index (χ0v) is 6.70. The number of quaternary nitrogens is 1. The van der Waals surface area contributed by atoms with Crippen molar-refractivity contribution in [1.82, 2.24) is 0 Å². The minimum absolute atomic E-state index is 1.07. The van der Waals surface area contributed by atoms with Gasteiger partial charge in [0.05, 0.1) is 0 Å². The maximum atomic E-state index is 8.59. The lowest BCUT2D eigenvalue weighted by molar-refractivity contribution is -0.254. The maximum absolute atomic E-state index is 8.59. The van der Waals surface area contributed by atoms with Gasteiger partial charge in [-0.25, -0.2) is 9.13 Å². The molecule has 0 aliphatic carbocycles. The Bertz CT molecular complexity index is 250. The predicted molar refractivity (Wildman–Crippen MR) is 39.5 cm³/mol. The molecule has 0 aromatic heterocycles. The van der Waals surface area contributed by atoms with Crippen LogP contribution < -0.4 is 5.73 Å². The van der Waals surface area contributed by atoms with Gasteiger partial charge in [0.15, 0.2) is 0 Å². The van der Waals surface area contributed by atoms with Gasteiger partial charge in [-0.3, -0.25) is 4.89 Å². The van der Waals surface area contributed by atoms with E-state index in [0.717, 1.165) is 5.69 Å². The highest BCUT2D eigenvalue weighted by Gasteiger charge is 1.77. The van der Waals surface area contributed by atoms with Crippen LogP contribution in [0.25, 0.3) is 0 Å². The van der Waals surface area contributed by atoms with Crippen LogP contribution in [0.3, 0.4) is 0 Å². The van der Waals surface area contributed by atoms with Gasteiger partial charge in [-0.15, -0.1) is 0 Å². The van der Waals surface area contributed by atoms with Gasteiger partial charge in [-0.05, 0) is 12.1 Å². The molecule has 1 rings (SSSR count). The molecule has 1 aromatic carbocycles. The van der Waals surface area contributed by atoms with Crippen LogP contribution in [0.15, 0.2) is 30.3 Å². The minimum atomic E-state index is -3.12. The summed E-state index contributed by atoms with van der Waals surface area (Å²) >= 11 is 0. The van der Waals surface area contributed by atoms with Crippen molar-refractivity contribution in [2.24, 2.45) is 0 Å². The Morgan fingerprint density at radius 1 is 1.18 bits per heavy atom. The van der Waals surface area contributed by atoms with Gasteiger partial charge in [0.2, 0.25) is 0 Å². The molecule has 11 heavy (non-hydrogen) atoms. The highest BCUT2D eigenvalue weighted by molar-refractivity contribution is 7.23. The van der Waals surface area contributed by atoms with E-state index < -0.39 is 7.91 Å². The molecule has 1 aromatic rings. The number of hydrogen-bond donors (Lipinski definition) is 2. The van der Waals surface area contributed by atoms with Crippen LogP contribution in [0.1, 0.15) is 0 Å². The molecule has 0 atom stereocenters. The maximum Gasteiger partial charge on any atom is 0.465 e. The van der Waals surface area contributed by atoms with Crippen molar-refractivity contribution in [3.8, 4) is 0 Å². The summed E-state index contributed by atoms with van der Waals surface area (Å²) in [5.41, 5.74) is 4.79. The molecule has 4 N–H and O–H groups in total. The lowest BCUT2D eigenvalue weighted by Crippen LogP contribution is -2.39. The van der Waals surface area contributed by atoms with Crippen molar-refractivity contribution in [1.29, 1.82) is 0 Å². The second-order valence-electron chi connectivity index (χ2n) is 1.72. The van der Waals surface area contributed by atoms with Crippen LogP contribution in [0, 0.1) is 0 Å². The van der Waals surface area contributed by atoms with Crippen molar-refractivity contribution in [2.45, 2.75) is 0 Å². The Labute approximate surface area is 64.6 Å². The molecule has 0 aliphatic rings. The van der Waals surface area contributed by atoms with Crippen LogP contribution in [0.5, 0.6) is 0 Å². The van der Waals surface area contributed by atoms with E-state index in [1.54, 1.807) is 0 Å². The SMILES string of the molecule is O=P(=O)O.[NH3+]c1ccccc1. The number of hydrogen-bond acceptors (Lipinski definition) is 2. The predicted octanol–water partition coefficient (Wildman–Crippen LogP) is 0.627. The average Bonchev–Trinajstić information content (AvgIpc) is 1.87. The third-order valence-electron chi connectivity index (χ3n) is 0.843. The van der Waals surface area contributed by atoms with E-state index in [-0.39, 0.29) is 0 Å². The number of rotatable bonds is 0. The summed E-state index contributed by atoms with van der Waals surface area (Å²) in [6.45, 7) is 0. The van der Waals surface area contributed by atoms with E-state index in [2.05, 4.69) is 5.73 Å². The second kappa shape index (κ2) is 5.80. The Balaban J connectivity index is 0.000000218. The van der Waals surface area contributed by atoms with Gasteiger partial charge in [0.25, 0.3) is 0 Å². The highest BCUT2D eigenvalue weighted by atomic mass is 31.1. The lowest BCUT2D eigenvalue weighted by Gasteiger charge is -1.78. The lowest BCUT2D eigenvalue weighted by atomic mass is 10.3. The van der Waals surface area contributed by atoms with Crippen LogP contribution in [-0.2, 0) is 9.13 Å². The van der Waals surface area contributed by atoms with Gasteiger partial charge in [0, 0.05) is 0 Å². The summed E-state index contributed by atoms with van der Waals surface area (Å²) in [4.78, 5) is 7.01. The zero-order chi connectivity index (χ0) is 8.69. The van der Waals surface area contributed by atoms with Gasteiger partial charge >= 0.3 is 7.91 Å². The fraction of sp³-hybridized carbons (Fsp3) is 0. The molecule has 5 heteroatoms. The molecular formula is C6H9NO3P+. The van der Waals surface area contributed by atoms with Crippen LogP contribution in [-0.4, -0.2) is 4.89 Å². The van der Waals surface area contributed by atoms with Gasteiger partial charge in [-0.2, -0.15) is 0 Å². The molecule has 4 nitrogen and oxygen atoms in total. The van der Waals surface area contributed by atoms with Gasteiger partial charge in [-0.1, -0.05) is 18.2 Å². The molecule has 0 saturated heterocycles. The van der Waals surface area contributed by atoms with Crippen LogP contribution in [0.2, 0.25) is 0 Å². The first-order chi connectivity index (χ1) is 5.13. The number of benzene rings is 1. The molecular weight excluding hydrogens is 165 g/mol. The first-order valence-corrected chi connectivity index (χ1v) is 3.96. The smallest absolute Gasteiger partial charge is 0.325 e. The minimum Gasteiger partial charge on any atom is -0.325 e. The molecule has 0 fully saturated rings. The van der Waals surface area contributed by atoms with E-state index in [0.29, 0.717) is 0 Å². The van der Waals surface area contributed by atoms with Gasteiger partial charge < -0.3 is 5.73 Å². The van der Waals surface area contributed by atoms with E-state index in [1.165, 1.54) is 0 Å². The standard InChI is InChI=1S/C6H7N.HO3P/c7-6-4-2-1-3-5-6;1-4(2)3/h1-5H,7H2;(H,1,2,3)/p+1. The quantitative estimate of drug-likeness (QED) is 0.566.